The van der Waals surface area contributed by atoms with Gasteiger partial charge < -0.3 is 9.47 Å². The van der Waals surface area contributed by atoms with Crippen LogP contribution in [0, 0.1) is 6.92 Å². The highest BCUT2D eigenvalue weighted by Gasteiger charge is 2.02. The van der Waals surface area contributed by atoms with Gasteiger partial charge in [-0.15, -0.1) is 0 Å². The molecule has 0 aliphatic carbocycles. The number of rotatable bonds is 7. The van der Waals surface area contributed by atoms with Crippen LogP contribution in [0.5, 0.6) is 11.5 Å². The van der Waals surface area contributed by atoms with E-state index < -0.39 is 0 Å². The molecule has 2 rings (SSSR count). The van der Waals surface area contributed by atoms with E-state index in [9.17, 15) is 4.79 Å². The van der Waals surface area contributed by atoms with Gasteiger partial charge in [-0.3, -0.25) is 4.79 Å². The molecule has 0 N–H and O–H groups in total. The van der Waals surface area contributed by atoms with Crippen molar-refractivity contribution in [2.24, 2.45) is 0 Å². The number of Topliss-reactive ketones (excluding diaryl/α,β-unsaturated/α-hetero) is 1. The van der Waals surface area contributed by atoms with Gasteiger partial charge in [0, 0.05) is 12.0 Å². The Morgan fingerprint density at radius 3 is 2.24 bits per heavy atom. The minimum Gasteiger partial charge on any atom is -0.490 e. The molecule has 3 heteroatoms. The fourth-order valence-corrected chi connectivity index (χ4v) is 1.97. The van der Waals surface area contributed by atoms with Crippen molar-refractivity contribution in [2.75, 3.05) is 13.2 Å². The monoisotopic (exact) mass is 284 g/mol. The minimum absolute atomic E-state index is 0.143. The van der Waals surface area contributed by atoms with Crippen molar-refractivity contribution in [3.05, 3.63) is 59.7 Å². The van der Waals surface area contributed by atoms with E-state index in [2.05, 4.69) is 0 Å². The second kappa shape index (κ2) is 7.48. The molecule has 0 atom stereocenters. The lowest BCUT2D eigenvalue weighted by Gasteiger charge is -2.09. The van der Waals surface area contributed by atoms with E-state index >= 15 is 0 Å². The largest absolute Gasteiger partial charge is 0.490 e. The number of hydrogen-bond acceptors (Lipinski definition) is 3. The van der Waals surface area contributed by atoms with E-state index in [1.807, 2.05) is 50.2 Å². The molecular formula is C18H20O3. The van der Waals surface area contributed by atoms with Gasteiger partial charge in [0.2, 0.25) is 0 Å². The van der Waals surface area contributed by atoms with Gasteiger partial charge in [0.05, 0.1) is 0 Å². The van der Waals surface area contributed by atoms with E-state index in [4.69, 9.17) is 9.47 Å². The van der Waals surface area contributed by atoms with Crippen LogP contribution in [-0.4, -0.2) is 19.0 Å². The lowest BCUT2D eigenvalue weighted by atomic mass is 10.1. The quantitative estimate of drug-likeness (QED) is 0.568. The first kappa shape index (κ1) is 15.1. The van der Waals surface area contributed by atoms with Gasteiger partial charge in [0.1, 0.15) is 24.7 Å². The summed E-state index contributed by atoms with van der Waals surface area (Å²) in [5.41, 5.74) is 1.89. The maximum absolute atomic E-state index is 11.5. The Bertz CT molecular complexity index is 588. The standard InChI is InChI=1S/C18H20O3/c1-3-18(19)15-7-9-16(10-8-15)20-11-12-21-17-6-4-5-14(2)13-17/h4-10,13H,3,11-12H2,1-2H3. The molecule has 0 bridgehead atoms. The van der Waals surface area contributed by atoms with E-state index in [0.29, 0.717) is 19.6 Å². The summed E-state index contributed by atoms with van der Waals surface area (Å²) in [6.07, 6.45) is 0.518. The van der Waals surface area contributed by atoms with Crippen LogP contribution in [0.15, 0.2) is 48.5 Å². The molecule has 0 saturated heterocycles. The van der Waals surface area contributed by atoms with Gasteiger partial charge in [-0.1, -0.05) is 19.1 Å². The SMILES string of the molecule is CCC(=O)c1ccc(OCCOc2cccc(C)c2)cc1. The molecule has 21 heavy (non-hydrogen) atoms. The number of carbonyl (C=O) groups is 1. The Morgan fingerprint density at radius 2 is 1.62 bits per heavy atom. The summed E-state index contributed by atoms with van der Waals surface area (Å²) in [5.74, 6) is 1.74. The average molecular weight is 284 g/mol. The lowest BCUT2D eigenvalue weighted by Crippen LogP contribution is -2.09. The predicted octanol–water partition coefficient (Wildman–Crippen LogP) is 4.05. The summed E-state index contributed by atoms with van der Waals surface area (Å²) in [6, 6.07) is 15.1. The second-order valence-corrected chi connectivity index (χ2v) is 4.81. The Balaban J connectivity index is 1.77. The molecule has 0 spiro atoms. The number of ether oxygens (including phenoxy) is 2. The molecule has 0 aliphatic heterocycles. The van der Waals surface area contributed by atoms with Gasteiger partial charge in [-0.2, -0.15) is 0 Å². The highest BCUT2D eigenvalue weighted by atomic mass is 16.5. The molecule has 110 valence electrons. The molecule has 3 nitrogen and oxygen atoms in total. The zero-order chi connectivity index (χ0) is 15.1. The van der Waals surface area contributed by atoms with Crippen LogP contribution in [0.2, 0.25) is 0 Å². The Hall–Kier alpha value is -2.29. The van der Waals surface area contributed by atoms with Crippen molar-refractivity contribution in [3.8, 4) is 11.5 Å². The first-order chi connectivity index (χ1) is 10.2. The second-order valence-electron chi connectivity index (χ2n) is 4.81. The Labute approximate surface area is 125 Å². The van der Waals surface area contributed by atoms with Gasteiger partial charge in [0.15, 0.2) is 5.78 Å². The molecule has 0 fully saturated rings. The summed E-state index contributed by atoms with van der Waals surface area (Å²) in [6.45, 7) is 4.84. The first-order valence-corrected chi connectivity index (χ1v) is 7.14. The van der Waals surface area contributed by atoms with Gasteiger partial charge in [0.25, 0.3) is 0 Å². The van der Waals surface area contributed by atoms with Crippen molar-refractivity contribution in [2.45, 2.75) is 20.3 Å². The summed E-state index contributed by atoms with van der Waals surface area (Å²) in [4.78, 5) is 11.5. The predicted molar refractivity (Wildman–Crippen MR) is 83.2 cm³/mol. The molecule has 2 aromatic rings. The highest BCUT2D eigenvalue weighted by molar-refractivity contribution is 5.95. The van der Waals surface area contributed by atoms with Crippen LogP contribution in [0.1, 0.15) is 29.3 Å². The number of ketones is 1. The van der Waals surface area contributed by atoms with Crippen molar-refractivity contribution < 1.29 is 14.3 Å². The molecule has 0 saturated carbocycles. The van der Waals surface area contributed by atoms with Crippen molar-refractivity contribution >= 4 is 5.78 Å². The maximum atomic E-state index is 11.5. The minimum atomic E-state index is 0.143. The van der Waals surface area contributed by atoms with Crippen LogP contribution < -0.4 is 9.47 Å². The van der Waals surface area contributed by atoms with Crippen LogP contribution >= 0.6 is 0 Å². The molecule has 0 aliphatic rings. The van der Waals surface area contributed by atoms with E-state index in [1.54, 1.807) is 12.1 Å². The number of aryl methyl sites for hydroxylation is 1. The molecule has 0 unspecified atom stereocenters. The average Bonchev–Trinajstić information content (AvgIpc) is 2.51. The molecule has 0 aromatic heterocycles. The summed E-state index contributed by atoms with van der Waals surface area (Å²) < 4.78 is 11.2. The molecular weight excluding hydrogens is 264 g/mol. The normalized spacial score (nSPS) is 10.2. The van der Waals surface area contributed by atoms with Gasteiger partial charge in [-0.25, -0.2) is 0 Å². The third kappa shape index (κ3) is 4.63. The maximum Gasteiger partial charge on any atom is 0.162 e. The van der Waals surface area contributed by atoms with Gasteiger partial charge in [-0.05, 0) is 48.9 Å². The molecule has 0 amide bonds. The van der Waals surface area contributed by atoms with Crippen LogP contribution in [0.3, 0.4) is 0 Å². The van der Waals surface area contributed by atoms with E-state index in [0.717, 1.165) is 17.1 Å². The lowest BCUT2D eigenvalue weighted by molar-refractivity contribution is 0.0988. The molecule has 2 aromatic carbocycles. The summed E-state index contributed by atoms with van der Waals surface area (Å²) >= 11 is 0. The first-order valence-electron chi connectivity index (χ1n) is 7.14. The smallest absolute Gasteiger partial charge is 0.162 e. The van der Waals surface area contributed by atoms with Crippen molar-refractivity contribution in [1.29, 1.82) is 0 Å². The van der Waals surface area contributed by atoms with Crippen LogP contribution in [0.4, 0.5) is 0 Å². The van der Waals surface area contributed by atoms with E-state index in [1.165, 1.54) is 5.56 Å². The topological polar surface area (TPSA) is 35.5 Å². The van der Waals surface area contributed by atoms with Gasteiger partial charge >= 0.3 is 0 Å². The fraction of sp³-hybridized carbons (Fsp3) is 0.278. The number of benzene rings is 2. The number of carbonyl (C=O) groups excluding carboxylic acids is 1. The molecule has 0 heterocycles. The van der Waals surface area contributed by atoms with Crippen molar-refractivity contribution in [3.63, 3.8) is 0 Å². The third-order valence-corrected chi connectivity index (χ3v) is 3.11. The Morgan fingerprint density at radius 1 is 0.952 bits per heavy atom. The van der Waals surface area contributed by atoms with Crippen LogP contribution in [0.25, 0.3) is 0 Å². The summed E-state index contributed by atoms with van der Waals surface area (Å²) in [5, 5.41) is 0. The van der Waals surface area contributed by atoms with Crippen LogP contribution in [-0.2, 0) is 0 Å². The van der Waals surface area contributed by atoms with Crippen molar-refractivity contribution in [1.82, 2.24) is 0 Å². The highest BCUT2D eigenvalue weighted by Crippen LogP contribution is 2.14. The zero-order valence-corrected chi connectivity index (χ0v) is 12.5. The Kier molecular flexibility index (Phi) is 5.38. The summed E-state index contributed by atoms with van der Waals surface area (Å²) in [7, 11) is 0. The molecule has 0 radical (unpaired) electrons. The fourth-order valence-electron chi connectivity index (χ4n) is 1.97. The zero-order valence-electron chi connectivity index (χ0n) is 12.5. The number of hydrogen-bond donors (Lipinski definition) is 0. The van der Waals surface area contributed by atoms with E-state index in [-0.39, 0.29) is 5.78 Å². The third-order valence-electron chi connectivity index (χ3n) is 3.11.